The Morgan fingerprint density at radius 3 is 2.43 bits per heavy atom. The maximum Gasteiger partial charge on any atom is 0.310 e. The Hall–Kier alpha value is -2.13. The number of carbonyl (C=O) groups is 2. The molecule has 0 atom stereocenters. The zero-order valence-electron chi connectivity index (χ0n) is 13.1. The SMILES string of the molecule is COC(=O)Cc1cc(OC)ccc1S(=O)(=O)N(C)CCC(=O)O. The highest BCUT2D eigenvalue weighted by Gasteiger charge is 2.25. The summed E-state index contributed by atoms with van der Waals surface area (Å²) in [7, 11) is -0.0302. The number of aliphatic carboxylic acids is 1. The van der Waals surface area contributed by atoms with Gasteiger partial charge in [-0.3, -0.25) is 9.59 Å². The minimum Gasteiger partial charge on any atom is -0.497 e. The fourth-order valence-corrected chi connectivity index (χ4v) is 3.21. The highest BCUT2D eigenvalue weighted by Crippen LogP contribution is 2.25. The van der Waals surface area contributed by atoms with Crippen LogP contribution < -0.4 is 4.74 Å². The molecule has 1 aromatic rings. The van der Waals surface area contributed by atoms with E-state index in [0.29, 0.717) is 5.75 Å². The molecule has 1 aromatic carbocycles. The summed E-state index contributed by atoms with van der Waals surface area (Å²) in [6.45, 7) is -0.179. The summed E-state index contributed by atoms with van der Waals surface area (Å²) in [6, 6.07) is 4.22. The van der Waals surface area contributed by atoms with Crippen LogP contribution >= 0.6 is 0 Å². The molecular weight excluding hydrogens is 326 g/mol. The summed E-state index contributed by atoms with van der Waals surface area (Å²) in [5.74, 6) is -1.30. The first-order valence-electron chi connectivity index (χ1n) is 6.64. The van der Waals surface area contributed by atoms with E-state index in [1.807, 2.05) is 0 Å². The van der Waals surface area contributed by atoms with Gasteiger partial charge in [0, 0.05) is 13.6 Å². The number of carboxylic acids is 1. The Morgan fingerprint density at radius 2 is 1.91 bits per heavy atom. The van der Waals surface area contributed by atoms with Gasteiger partial charge >= 0.3 is 11.9 Å². The number of sulfonamides is 1. The average molecular weight is 345 g/mol. The molecular formula is C14H19NO7S. The van der Waals surface area contributed by atoms with Crippen molar-refractivity contribution in [1.29, 1.82) is 0 Å². The molecule has 23 heavy (non-hydrogen) atoms. The van der Waals surface area contributed by atoms with Crippen LogP contribution in [0, 0.1) is 0 Å². The molecule has 9 heteroatoms. The summed E-state index contributed by atoms with van der Waals surface area (Å²) in [5.41, 5.74) is 0.221. The molecule has 0 aliphatic rings. The van der Waals surface area contributed by atoms with Gasteiger partial charge in [-0.1, -0.05) is 0 Å². The lowest BCUT2D eigenvalue weighted by atomic mass is 10.1. The number of carbonyl (C=O) groups excluding carboxylic acids is 1. The fraction of sp³-hybridized carbons (Fsp3) is 0.429. The molecule has 1 N–H and O–H groups in total. The number of hydrogen-bond donors (Lipinski definition) is 1. The third-order valence-corrected chi connectivity index (χ3v) is 5.12. The molecule has 0 saturated carbocycles. The van der Waals surface area contributed by atoms with Crippen LogP contribution in [0.3, 0.4) is 0 Å². The summed E-state index contributed by atoms with van der Waals surface area (Å²) < 4.78 is 35.7. The maximum absolute atomic E-state index is 12.6. The molecule has 0 aromatic heterocycles. The summed E-state index contributed by atoms with van der Waals surface area (Å²) in [4.78, 5) is 22.0. The van der Waals surface area contributed by atoms with Gasteiger partial charge < -0.3 is 14.6 Å². The van der Waals surface area contributed by atoms with E-state index >= 15 is 0 Å². The molecule has 0 amide bonds. The van der Waals surface area contributed by atoms with Crippen molar-refractivity contribution in [2.75, 3.05) is 27.8 Å². The third-order valence-electron chi connectivity index (χ3n) is 3.16. The molecule has 0 aliphatic carbocycles. The van der Waals surface area contributed by atoms with E-state index in [-0.39, 0.29) is 29.8 Å². The van der Waals surface area contributed by atoms with E-state index in [9.17, 15) is 18.0 Å². The van der Waals surface area contributed by atoms with Gasteiger partial charge in [0.2, 0.25) is 10.0 Å². The number of benzene rings is 1. The Balaban J connectivity index is 3.22. The molecule has 0 aliphatic heterocycles. The van der Waals surface area contributed by atoms with Gasteiger partial charge in [-0.15, -0.1) is 0 Å². The Bertz CT molecular complexity index is 684. The standard InChI is InChI=1S/C14H19NO7S/c1-15(7-6-13(16)17)23(19,20)12-5-4-11(21-2)8-10(12)9-14(18)22-3/h4-5,8H,6-7,9H2,1-3H3,(H,16,17). The van der Waals surface area contributed by atoms with Crippen LogP contribution in [-0.4, -0.2) is 57.6 Å². The number of rotatable bonds is 8. The normalized spacial score (nSPS) is 11.3. The van der Waals surface area contributed by atoms with Crippen LogP contribution in [0.5, 0.6) is 5.75 Å². The second-order valence-electron chi connectivity index (χ2n) is 4.70. The molecule has 0 spiro atoms. The van der Waals surface area contributed by atoms with Crippen LogP contribution in [0.4, 0.5) is 0 Å². The number of esters is 1. The molecule has 8 nitrogen and oxygen atoms in total. The van der Waals surface area contributed by atoms with Crippen LogP contribution in [0.15, 0.2) is 23.1 Å². The van der Waals surface area contributed by atoms with E-state index < -0.39 is 22.0 Å². The molecule has 0 saturated heterocycles. The Kier molecular flexibility index (Phi) is 6.52. The lowest BCUT2D eigenvalue weighted by Crippen LogP contribution is -2.30. The maximum atomic E-state index is 12.6. The van der Waals surface area contributed by atoms with Crippen LogP contribution in [0.2, 0.25) is 0 Å². The number of methoxy groups -OCH3 is 2. The van der Waals surface area contributed by atoms with Gasteiger partial charge in [-0.05, 0) is 23.8 Å². The van der Waals surface area contributed by atoms with Gasteiger partial charge in [0.1, 0.15) is 5.75 Å². The number of carboxylic acid groups (broad SMARTS) is 1. The van der Waals surface area contributed by atoms with Crippen molar-refractivity contribution in [3.63, 3.8) is 0 Å². The van der Waals surface area contributed by atoms with Crippen molar-refractivity contribution in [3.05, 3.63) is 23.8 Å². The molecule has 0 bridgehead atoms. The van der Waals surface area contributed by atoms with Crippen LogP contribution in [0.1, 0.15) is 12.0 Å². The topological polar surface area (TPSA) is 110 Å². The summed E-state index contributed by atoms with van der Waals surface area (Å²) in [5, 5.41) is 8.67. The van der Waals surface area contributed by atoms with Gasteiger partial charge in [0.15, 0.2) is 0 Å². The number of hydrogen-bond acceptors (Lipinski definition) is 6. The minimum absolute atomic E-state index is 0.0865. The van der Waals surface area contributed by atoms with Gasteiger partial charge in [-0.2, -0.15) is 0 Å². The molecule has 0 heterocycles. The van der Waals surface area contributed by atoms with E-state index in [1.54, 1.807) is 0 Å². The van der Waals surface area contributed by atoms with Gasteiger partial charge in [0.05, 0.1) is 32.0 Å². The van der Waals surface area contributed by atoms with Crippen LogP contribution in [-0.2, 0) is 30.8 Å². The smallest absolute Gasteiger partial charge is 0.310 e. The Labute approximate surface area is 134 Å². The van der Waals surface area contributed by atoms with Crippen LogP contribution in [0.25, 0.3) is 0 Å². The quantitative estimate of drug-likeness (QED) is 0.683. The second kappa shape index (κ2) is 7.93. The summed E-state index contributed by atoms with van der Waals surface area (Å²) >= 11 is 0. The first-order valence-corrected chi connectivity index (χ1v) is 8.08. The van der Waals surface area contributed by atoms with E-state index in [0.717, 1.165) is 4.31 Å². The first kappa shape index (κ1) is 18.9. The molecule has 128 valence electrons. The number of ether oxygens (including phenoxy) is 2. The van der Waals surface area contributed by atoms with Crippen molar-refractivity contribution < 1.29 is 32.6 Å². The minimum atomic E-state index is -3.94. The molecule has 0 radical (unpaired) electrons. The lowest BCUT2D eigenvalue weighted by molar-refractivity contribution is -0.140. The van der Waals surface area contributed by atoms with Crippen molar-refractivity contribution in [3.8, 4) is 5.75 Å². The van der Waals surface area contributed by atoms with Gasteiger partial charge in [-0.25, -0.2) is 12.7 Å². The zero-order valence-corrected chi connectivity index (χ0v) is 13.9. The predicted octanol–water partition coefficient (Wildman–Crippen LogP) is 0.506. The molecule has 0 fully saturated rings. The fourth-order valence-electron chi connectivity index (χ4n) is 1.84. The largest absolute Gasteiger partial charge is 0.497 e. The van der Waals surface area contributed by atoms with Gasteiger partial charge in [0.25, 0.3) is 0 Å². The van der Waals surface area contributed by atoms with E-state index in [2.05, 4.69) is 4.74 Å². The van der Waals surface area contributed by atoms with Crippen molar-refractivity contribution in [2.24, 2.45) is 0 Å². The number of nitrogens with zero attached hydrogens (tertiary/aromatic N) is 1. The summed E-state index contributed by atoms with van der Waals surface area (Å²) in [6.07, 6.45) is -0.562. The zero-order chi connectivity index (χ0) is 17.6. The van der Waals surface area contributed by atoms with Crippen molar-refractivity contribution in [1.82, 2.24) is 4.31 Å². The first-order chi connectivity index (χ1) is 10.7. The van der Waals surface area contributed by atoms with E-state index in [1.165, 1.54) is 39.5 Å². The van der Waals surface area contributed by atoms with Crippen molar-refractivity contribution in [2.45, 2.75) is 17.7 Å². The third kappa shape index (κ3) is 4.93. The molecule has 1 rings (SSSR count). The van der Waals surface area contributed by atoms with Crippen molar-refractivity contribution >= 4 is 22.0 Å². The van der Waals surface area contributed by atoms with E-state index in [4.69, 9.17) is 9.84 Å². The second-order valence-corrected chi connectivity index (χ2v) is 6.71. The Morgan fingerprint density at radius 1 is 1.26 bits per heavy atom. The average Bonchev–Trinajstić information content (AvgIpc) is 2.51. The predicted molar refractivity (Wildman–Crippen MR) is 80.8 cm³/mol. The lowest BCUT2D eigenvalue weighted by Gasteiger charge is -2.19. The highest BCUT2D eigenvalue weighted by molar-refractivity contribution is 7.89. The highest BCUT2D eigenvalue weighted by atomic mass is 32.2. The molecule has 0 unspecified atom stereocenters. The monoisotopic (exact) mass is 345 g/mol.